The van der Waals surface area contributed by atoms with Crippen molar-refractivity contribution in [3.05, 3.63) is 0 Å². The first-order valence-corrected chi connectivity index (χ1v) is 6.34. The van der Waals surface area contributed by atoms with E-state index >= 15 is 0 Å². The molecule has 1 saturated heterocycles. The predicted molar refractivity (Wildman–Crippen MR) is 66.3 cm³/mol. The maximum absolute atomic E-state index is 11.8. The fourth-order valence-corrected chi connectivity index (χ4v) is 2.06. The van der Waals surface area contributed by atoms with E-state index in [1.165, 1.54) is 4.90 Å². The van der Waals surface area contributed by atoms with E-state index in [2.05, 4.69) is 0 Å². The minimum atomic E-state index is -0.476. The van der Waals surface area contributed by atoms with Gasteiger partial charge in [-0.25, -0.2) is 0 Å². The maximum atomic E-state index is 11.8. The lowest BCUT2D eigenvalue weighted by atomic mass is 10.1. The van der Waals surface area contributed by atoms with Crippen LogP contribution in [0, 0.1) is 0 Å². The first kappa shape index (κ1) is 14.0. The Morgan fingerprint density at radius 3 is 2.47 bits per heavy atom. The third-order valence-electron chi connectivity index (χ3n) is 3.12. The van der Waals surface area contributed by atoms with Crippen LogP contribution < -0.4 is 5.73 Å². The monoisotopic (exact) mass is 241 g/mol. The van der Waals surface area contributed by atoms with Gasteiger partial charge in [-0.15, -0.1) is 0 Å². The van der Waals surface area contributed by atoms with E-state index in [4.69, 9.17) is 5.73 Å². The highest BCUT2D eigenvalue weighted by molar-refractivity contribution is 5.87. The Morgan fingerprint density at radius 1 is 1.35 bits per heavy atom. The number of hydrogen-bond acceptors (Lipinski definition) is 3. The summed E-state index contributed by atoms with van der Waals surface area (Å²) >= 11 is 0. The van der Waals surface area contributed by atoms with Gasteiger partial charge in [0.25, 0.3) is 0 Å². The standard InChI is InChI=1S/C12H23N3O2/c1-3-6-10(13)12(17)14(2)9-11(16)15-7-4-5-8-15/h10H,3-9,13H2,1-2H3. The number of amides is 2. The molecule has 0 spiro atoms. The number of carbonyl (C=O) groups excluding carboxylic acids is 2. The minimum Gasteiger partial charge on any atom is -0.341 e. The molecule has 2 N–H and O–H groups in total. The van der Waals surface area contributed by atoms with Crippen LogP contribution in [0.2, 0.25) is 0 Å². The number of nitrogens with two attached hydrogens (primary N) is 1. The van der Waals surface area contributed by atoms with Crippen molar-refractivity contribution < 1.29 is 9.59 Å². The molecule has 2 amide bonds. The van der Waals surface area contributed by atoms with Gasteiger partial charge in [-0.05, 0) is 19.3 Å². The van der Waals surface area contributed by atoms with Gasteiger partial charge in [0.05, 0.1) is 12.6 Å². The number of carbonyl (C=O) groups is 2. The van der Waals surface area contributed by atoms with Crippen LogP contribution in [0.1, 0.15) is 32.6 Å². The first-order valence-electron chi connectivity index (χ1n) is 6.34. The Hall–Kier alpha value is -1.10. The summed E-state index contributed by atoms with van der Waals surface area (Å²) in [6.45, 7) is 3.78. The van der Waals surface area contributed by atoms with Crippen molar-refractivity contribution in [2.24, 2.45) is 5.73 Å². The van der Waals surface area contributed by atoms with E-state index in [-0.39, 0.29) is 18.4 Å². The Bertz CT molecular complexity index is 275. The molecule has 0 radical (unpaired) electrons. The molecule has 0 saturated carbocycles. The van der Waals surface area contributed by atoms with E-state index in [0.29, 0.717) is 6.42 Å². The summed E-state index contributed by atoms with van der Waals surface area (Å²) in [7, 11) is 1.64. The molecule has 5 nitrogen and oxygen atoms in total. The van der Waals surface area contributed by atoms with E-state index in [9.17, 15) is 9.59 Å². The normalized spacial score (nSPS) is 17.0. The molecule has 0 aromatic rings. The SMILES string of the molecule is CCCC(N)C(=O)N(C)CC(=O)N1CCCC1. The fourth-order valence-electron chi connectivity index (χ4n) is 2.06. The Morgan fingerprint density at radius 2 is 1.94 bits per heavy atom. The Kier molecular flexibility index (Phi) is 5.41. The minimum absolute atomic E-state index is 0.0297. The van der Waals surface area contributed by atoms with E-state index in [1.807, 2.05) is 11.8 Å². The van der Waals surface area contributed by atoms with Crippen LogP contribution in [0.25, 0.3) is 0 Å². The maximum Gasteiger partial charge on any atom is 0.242 e. The zero-order chi connectivity index (χ0) is 12.8. The molecular weight excluding hydrogens is 218 g/mol. The number of rotatable bonds is 5. The second kappa shape index (κ2) is 6.59. The van der Waals surface area contributed by atoms with Crippen LogP contribution in [0.3, 0.4) is 0 Å². The van der Waals surface area contributed by atoms with E-state index in [0.717, 1.165) is 32.4 Å². The van der Waals surface area contributed by atoms with E-state index < -0.39 is 6.04 Å². The molecule has 0 aliphatic carbocycles. The van der Waals surface area contributed by atoms with Gasteiger partial charge in [-0.1, -0.05) is 13.3 Å². The summed E-state index contributed by atoms with van der Waals surface area (Å²) in [5.41, 5.74) is 5.74. The van der Waals surface area contributed by atoms with Crippen LogP contribution in [0.5, 0.6) is 0 Å². The second-order valence-corrected chi connectivity index (χ2v) is 4.68. The molecule has 1 aliphatic heterocycles. The van der Waals surface area contributed by atoms with Crippen LogP contribution in [0.15, 0.2) is 0 Å². The largest absolute Gasteiger partial charge is 0.341 e. The van der Waals surface area contributed by atoms with Crippen molar-refractivity contribution in [2.45, 2.75) is 38.6 Å². The van der Waals surface area contributed by atoms with Crippen molar-refractivity contribution in [1.82, 2.24) is 9.80 Å². The quantitative estimate of drug-likeness (QED) is 0.747. The van der Waals surface area contributed by atoms with Gasteiger partial charge >= 0.3 is 0 Å². The molecule has 17 heavy (non-hydrogen) atoms. The van der Waals surface area contributed by atoms with Gasteiger partial charge in [-0.2, -0.15) is 0 Å². The lowest BCUT2D eigenvalue weighted by Crippen LogP contribution is -2.46. The Balaban J connectivity index is 2.39. The second-order valence-electron chi connectivity index (χ2n) is 4.68. The Labute approximate surface area is 103 Å². The highest BCUT2D eigenvalue weighted by Crippen LogP contribution is 2.08. The lowest BCUT2D eigenvalue weighted by Gasteiger charge is -2.23. The number of likely N-dealkylation sites (tertiary alicyclic amines) is 1. The summed E-state index contributed by atoms with van der Waals surface area (Å²) in [5, 5.41) is 0. The summed E-state index contributed by atoms with van der Waals surface area (Å²) < 4.78 is 0. The molecule has 5 heteroatoms. The molecule has 1 atom stereocenters. The third kappa shape index (κ3) is 4.00. The zero-order valence-electron chi connectivity index (χ0n) is 10.8. The predicted octanol–water partition coefficient (Wildman–Crippen LogP) is 0.195. The topological polar surface area (TPSA) is 66.6 Å². The molecular formula is C12H23N3O2. The highest BCUT2D eigenvalue weighted by Gasteiger charge is 2.23. The van der Waals surface area contributed by atoms with E-state index in [1.54, 1.807) is 7.05 Å². The average molecular weight is 241 g/mol. The first-order chi connectivity index (χ1) is 8.06. The number of hydrogen-bond donors (Lipinski definition) is 1. The molecule has 1 rings (SSSR count). The number of likely N-dealkylation sites (N-methyl/N-ethyl adjacent to an activating group) is 1. The lowest BCUT2D eigenvalue weighted by molar-refractivity contribution is -0.139. The van der Waals surface area contributed by atoms with Gasteiger partial charge in [0.1, 0.15) is 0 Å². The zero-order valence-corrected chi connectivity index (χ0v) is 10.8. The summed E-state index contributed by atoms with van der Waals surface area (Å²) in [6, 6.07) is -0.476. The molecule has 0 aromatic heterocycles. The van der Waals surface area contributed by atoms with Crippen molar-refractivity contribution in [3.63, 3.8) is 0 Å². The van der Waals surface area contributed by atoms with Crippen LogP contribution in [-0.4, -0.2) is 54.3 Å². The smallest absolute Gasteiger partial charge is 0.242 e. The van der Waals surface area contributed by atoms with Crippen molar-refractivity contribution in [1.29, 1.82) is 0 Å². The molecule has 1 heterocycles. The van der Waals surface area contributed by atoms with Crippen molar-refractivity contribution in [2.75, 3.05) is 26.7 Å². The molecule has 1 fully saturated rings. The highest BCUT2D eigenvalue weighted by atomic mass is 16.2. The van der Waals surface area contributed by atoms with Crippen molar-refractivity contribution >= 4 is 11.8 Å². The molecule has 0 bridgehead atoms. The molecule has 1 aliphatic rings. The van der Waals surface area contributed by atoms with Gasteiger partial charge in [0, 0.05) is 20.1 Å². The molecule has 0 aromatic carbocycles. The molecule has 1 unspecified atom stereocenters. The number of nitrogens with zero attached hydrogens (tertiary/aromatic N) is 2. The van der Waals surface area contributed by atoms with Gasteiger partial charge in [-0.3, -0.25) is 9.59 Å². The summed E-state index contributed by atoms with van der Waals surface area (Å²) in [6.07, 6.45) is 3.68. The third-order valence-corrected chi connectivity index (χ3v) is 3.12. The van der Waals surface area contributed by atoms with Gasteiger partial charge < -0.3 is 15.5 Å². The van der Waals surface area contributed by atoms with Crippen molar-refractivity contribution in [3.8, 4) is 0 Å². The fraction of sp³-hybridized carbons (Fsp3) is 0.833. The summed E-state index contributed by atoms with van der Waals surface area (Å²) in [4.78, 5) is 26.9. The summed E-state index contributed by atoms with van der Waals surface area (Å²) in [5.74, 6) is -0.110. The molecule has 98 valence electrons. The van der Waals surface area contributed by atoms with Crippen LogP contribution in [0.4, 0.5) is 0 Å². The van der Waals surface area contributed by atoms with Gasteiger partial charge in [0.15, 0.2) is 0 Å². The van der Waals surface area contributed by atoms with Gasteiger partial charge in [0.2, 0.25) is 11.8 Å². The average Bonchev–Trinajstić information content (AvgIpc) is 2.81. The van der Waals surface area contributed by atoms with Crippen LogP contribution in [-0.2, 0) is 9.59 Å². The van der Waals surface area contributed by atoms with Crippen LogP contribution >= 0.6 is 0 Å².